The lowest BCUT2D eigenvalue weighted by Gasteiger charge is -2.44. The lowest BCUT2D eigenvalue weighted by molar-refractivity contribution is 0.124. The van der Waals surface area contributed by atoms with Gasteiger partial charge in [-0.25, -0.2) is 0 Å². The third-order valence-electron chi connectivity index (χ3n) is 7.00. The summed E-state index contributed by atoms with van der Waals surface area (Å²) in [5.41, 5.74) is 3.48. The van der Waals surface area contributed by atoms with Crippen LogP contribution in [0.1, 0.15) is 80.1 Å². The Morgan fingerprint density at radius 3 is 2.17 bits per heavy atom. The number of allylic oxidation sites excluding steroid dienone is 1. The van der Waals surface area contributed by atoms with Gasteiger partial charge in [0.2, 0.25) is 0 Å². The fourth-order valence-corrected chi connectivity index (χ4v) is 4.69. The van der Waals surface area contributed by atoms with Crippen LogP contribution in [0.25, 0.3) is 0 Å². The molecule has 1 heteroatoms. The molecule has 132 valence electrons. The van der Waals surface area contributed by atoms with Crippen LogP contribution in [0.15, 0.2) is 24.4 Å². The van der Waals surface area contributed by atoms with E-state index in [1.165, 1.54) is 49.8 Å². The van der Waals surface area contributed by atoms with Gasteiger partial charge in [0, 0.05) is 24.2 Å². The van der Waals surface area contributed by atoms with Crippen molar-refractivity contribution in [1.82, 2.24) is 4.90 Å². The zero-order valence-electron chi connectivity index (χ0n) is 16.5. The van der Waals surface area contributed by atoms with Gasteiger partial charge in [-0.15, -0.1) is 0 Å². The molecule has 0 bridgehead atoms. The van der Waals surface area contributed by atoms with Gasteiger partial charge in [0.1, 0.15) is 0 Å². The highest BCUT2D eigenvalue weighted by Crippen LogP contribution is 2.48. The molecule has 1 saturated carbocycles. The van der Waals surface area contributed by atoms with E-state index >= 15 is 0 Å². The van der Waals surface area contributed by atoms with Crippen LogP contribution in [-0.4, -0.2) is 17.5 Å². The van der Waals surface area contributed by atoms with Crippen LogP contribution in [-0.2, 0) is 0 Å². The van der Waals surface area contributed by atoms with E-state index in [-0.39, 0.29) is 0 Å². The van der Waals surface area contributed by atoms with Crippen LogP contribution in [0.2, 0.25) is 0 Å². The number of hydrogen-bond donors (Lipinski definition) is 0. The van der Waals surface area contributed by atoms with Crippen LogP contribution in [0.5, 0.6) is 0 Å². The van der Waals surface area contributed by atoms with Crippen LogP contribution < -0.4 is 0 Å². The predicted molar refractivity (Wildman–Crippen MR) is 102 cm³/mol. The predicted octanol–water partition coefficient (Wildman–Crippen LogP) is 6.42. The second-order valence-electron chi connectivity index (χ2n) is 9.74. The van der Waals surface area contributed by atoms with Crippen molar-refractivity contribution in [1.29, 1.82) is 0 Å². The average molecular weight is 318 g/mol. The minimum Gasteiger partial charge on any atom is -0.368 e. The van der Waals surface area contributed by atoms with E-state index in [9.17, 15) is 0 Å². The molecule has 1 nitrogen and oxygen atoms in total. The van der Waals surface area contributed by atoms with Gasteiger partial charge in [0.15, 0.2) is 0 Å². The normalized spacial score (nSPS) is 29.4. The van der Waals surface area contributed by atoms with Crippen molar-refractivity contribution in [3.63, 3.8) is 0 Å². The van der Waals surface area contributed by atoms with E-state index < -0.39 is 0 Å². The lowest BCUT2D eigenvalue weighted by Crippen LogP contribution is -2.38. The third kappa shape index (κ3) is 3.86. The molecule has 2 rings (SSSR count). The Balaban J connectivity index is 2.17. The van der Waals surface area contributed by atoms with Crippen LogP contribution >= 0.6 is 0 Å². The highest BCUT2D eigenvalue weighted by atomic mass is 15.2. The minimum atomic E-state index is 0.362. The standard InChI is InChI=1S/C22H39N/c1-16(2)20-14-19(21(5,6)7)15-23(20)18(4)17(3)22(8)12-10-9-11-13-22/h17,19-20H,1,4,9-15H2,2-3,5-8H3/t17?,19-,20?/m1/s1. The molecule has 0 radical (unpaired) electrons. The summed E-state index contributed by atoms with van der Waals surface area (Å²) < 4.78 is 0. The van der Waals surface area contributed by atoms with Crippen molar-refractivity contribution in [3.05, 3.63) is 24.4 Å². The van der Waals surface area contributed by atoms with Gasteiger partial charge in [0.05, 0.1) is 0 Å². The Labute approximate surface area is 145 Å². The van der Waals surface area contributed by atoms with Crippen LogP contribution in [0.3, 0.4) is 0 Å². The van der Waals surface area contributed by atoms with Crippen molar-refractivity contribution in [2.75, 3.05) is 6.54 Å². The third-order valence-corrected chi connectivity index (χ3v) is 7.00. The molecule has 2 unspecified atom stereocenters. The number of rotatable bonds is 4. The molecule has 1 saturated heterocycles. The Hall–Kier alpha value is -0.720. The molecule has 2 aliphatic rings. The summed E-state index contributed by atoms with van der Waals surface area (Å²) in [5, 5.41) is 0. The van der Waals surface area contributed by atoms with Gasteiger partial charge in [-0.05, 0) is 42.9 Å². The highest BCUT2D eigenvalue weighted by molar-refractivity contribution is 5.17. The first-order valence-corrected chi connectivity index (χ1v) is 9.67. The van der Waals surface area contributed by atoms with Crippen LogP contribution in [0, 0.1) is 22.7 Å². The maximum atomic E-state index is 4.59. The van der Waals surface area contributed by atoms with Crippen molar-refractivity contribution >= 4 is 0 Å². The molecule has 1 aliphatic heterocycles. The van der Waals surface area contributed by atoms with Crippen molar-refractivity contribution in [3.8, 4) is 0 Å². The van der Waals surface area contributed by atoms with Crippen molar-refractivity contribution in [2.45, 2.75) is 86.1 Å². The Morgan fingerprint density at radius 1 is 1.13 bits per heavy atom. The van der Waals surface area contributed by atoms with E-state index in [0.717, 1.165) is 12.5 Å². The van der Waals surface area contributed by atoms with E-state index in [2.05, 4.69) is 59.6 Å². The quantitative estimate of drug-likeness (QED) is 0.541. The second kappa shape index (κ2) is 6.65. The number of likely N-dealkylation sites (tertiary alicyclic amines) is 1. The van der Waals surface area contributed by atoms with E-state index in [0.29, 0.717) is 22.8 Å². The van der Waals surface area contributed by atoms with Gasteiger partial charge in [-0.3, -0.25) is 0 Å². The van der Waals surface area contributed by atoms with Gasteiger partial charge < -0.3 is 4.90 Å². The summed E-state index contributed by atoms with van der Waals surface area (Å²) in [6.45, 7) is 24.3. The lowest BCUT2D eigenvalue weighted by atomic mass is 9.67. The number of nitrogens with zero attached hydrogens (tertiary/aromatic N) is 1. The maximum absolute atomic E-state index is 4.59. The molecular formula is C22H39N. The van der Waals surface area contributed by atoms with Gasteiger partial charge >= 0.3 is 0 Å². The van der Waals surface area contributed by atoms with Crippen LogP contribution in [0.4, 0.5) is 0 Å². The Bertz CT molecular complexity index is 447. The Kier molecular flexibility index (Phi) is 5.38. The summed E-state index contributed by atoms with van der Waals surface area (Å²) in [7, 11) is 0. The largest absolute Gasteiger partial charge is 0.368 e. The van der Waals surface area contributed by atoms with Crippen molar-refractivity contribution < 1.29 is 0 Å². The topological polar surface area (TPSA) is 3.24 Å². The summed E-state index contributed by atoms with van der Waals surface area (Å²) >= 11 is 0. The first kappa shape index (κ1) is 18.6. The zero-order valence-corrected chi connectivity index (χ0v) is 16.5. The highest BCUT2D eigenvalue weighted by Gasteiger charge is 2.42. The fraction of sp³-hybridized carbons (Fsp3) is 0.818. The average Bonchev–Trinajstić information content (AvgIpc) is 2.92. The van der Waals surface area contributed by atoms with E-state index in [1.54, 1.807) is 0 Å². The van der Waals surface area contributed by atoms with Gasteiger partial charge in [-0.2, -0.15) is 0 Å². The molecule has 0 aromatic carbocycles. The van der Waals surface area contributed by atoms with Gasteiger partial charge in [0.25, 0.3) is 0 Å². The smallest absolute Gasteiger partial charge is 0.0497 e. The minimum absolute atomic E-state index is 0.362. The van der Waals surface area contributed by atoms with E-state index in [1.807, 2.05) is 0 Å². The number of hydrogen-bond acceptors (Lipinski definition) is 1. The molecule has 0 aromatic heterocycles. The van der Waals surface area contributed by atoms with Gasteiger partial charge in [-0.1, -0.05) is 72.6 Å². The first-order chi connectivity index (χ1) is 10.6. The molecule has 3 atom stereocenters. The molecule has 1 heterocycles. The molecule has 2 fully saturated rings. The molecule has 0 N–H and O–H groups in total. The summed E-state index contributed by atoms with van der Waals surface area (Å²) in [6, 6.07) is 0.487. The second-order valence-corrected chi connectivity index (χ2v) is 9.74. The molecule has 0 amide bonds. The molecule has 0 aromatic rings. The van der Waals surface area contributed by atoms with Crippen molar-refractivity contribution in [2.24, 2.45) is 22.7 Å². The van der Waals surface area contributed by atoms with E-state index in [4.69, 9.17) is 0 Å². The molecule has 0 spiro atoms. The molecular weight excluding hydrogens is 278 g/mol. The molecule has 1 aliphatic carbocycles. The Morgan fingerprint density at radius 2 is 1.70 bits per heavy atom. The molecule has 23 heavy (non-hydrogen) atoms. The summed E-state index contributed by atoms with van der Waals surface area (Å²) in [6.07, 6.45) is 8.16. The maximum Gasteiger partial charge on any atom is 0.0497 e. The first-order valence-electron chi connectivity index (χ1n) is 9.67. The zero-order chi connectivity index (χ0) is 17.4. The fourth-order valence-electron chi connectivity index (χ4n) is 4.69. The monoisotopic (exact) mass is 317 g/mol. The SMILES string of the molecule is C=C(C)C1C[C@@H](C(C)(C)C)CN1C(=C)C(C)C1(C)CCCCC1. The summed E-state index contributed by atoms with van der Waals surface area (Å²) in [5.74, 6) is 1.30. The summed E-state index contributed by atoms with van der Waals surface area (Å²) in [4.78, 5) is 2.61.